The molecule has 2 saturated heterocycles. The highest BCUT2D eigenvalue weighted by atomic mass is 16.5. The van der Waals surface area contributed by atoms with Crippen LogP contribution in [-0.2, 0) is 4.74 Å². The van der Waals surface area contributed by atoms with Gasteiger partial charge in [-0.2, -0.15) is 0 Å². The number of aliphatic hydroxyl groups excluding tert-OH is 1. The number of aliphatic hydroxyl groups is 1. The Labute approximate surface area is 91.6 Å². The molecular weight excluding hydrogens is 192 g/mol. The monoisotopic (exact) mass is 214 g/mol. The molecule has 2 N–H and O–H groups in total. The van der Waals surface area contributed by atoms with Gasteiger partial charge in [0.15, 0.2) is 0 Å². The Kier molecular flexibility index (Phi) is 3.61. The Bertz CT molecular complexity index is 211. The summed E-state index contributed by atoms with van der Waals surface area (Å²) in [6.45, 7) is 7.86. The molecular formula is C11H22N2O2. The van der Waals surface area contributed by atoms with E-state index >= 15 is 0 Å². The molecule has 0 aliphatic carbocycles. The van der Waals surface area contributed by atoms with E-state index in [2.05, 4.69) is 24.1 Å². The molecule has 0 saturated carbocycles. The summed E-state index contributed by atoms with van der Waals surface area (Å²) in [5, 5.41) is 13.1. The van der Waals surface area contributed by atoms with Crippen molar-refractivity contribution >= 4 is 0 Å². The Morgan fingerprint density at radius 1 is 1.40 bits per heavy atom. The second-order valence-electron chi connectivity index (χ2n) is 4.95. The van der Waals surface area contributed by atoms with Gasteiger partial charge in [-0.1, -0.05) is 0 Å². The molecule has 2 fully saturated rings. The van der Waals surface area contributed by atoms with Gasteiger partial charge in [0.1, 0.15) is 0 Å². The highest BCUT2D eigenvalue weighted by molar-refractivity contribution is 4.89. The normalized spacial score (nSPS) is 38.0. The number of likely N-dealkylation sites (tertiary alicyclic amines) is 1. The van der Waals surface area contributed by atoms with Gasteiger partial charge in [-0.25, -0.2) is 0 Å². The molecule has 0 aromatic heterocycles. The van der Waals surface area contributed by atoms with Crippen molar-refractivity contribution in [3.05, 3.63) is 0 Å². The fraction of sp³-hybridized carbons (Fsp3) is 1.00. The standard InChI is InChI=1S/C11H22N2O2/c1-8(2)13-4-3-9(5-13)12-10-6-15-7-11(10)14/h8-12,14H,3-7H2,1-2H3. The molecule has 2 rings (SSSR count). The van der Waals surface area contributed by atoms with Crippen LogP contribution < -0.4 is 5.32 Å². The molecule has 2 heterocycles. The molecule has 0 aromatic rings. The quantitative estimate of drug-likeness (QED) is 0.684. The van der Waals surface area contributed by atoms with E-state index < -0.39 is 0 Å². The number of hydrogen-bond acceptors (Lipinski definition) is 4. The third kappa shape index (κ3) is 2.69. The van der Waals surface area contributed by atoms with Crippen LogP contribution in [0.2, 0.25) is 0 Å². The minimum atomic E-state index is -0.321. The maximum absolute atomic E-state index is 9.62. The molecule has 2 aliphatic heterocycles. The van der Waals surface area contributed by atoms with Gasteiger partial charge < -0.3 is 15.2 Å². The average Bonchev–Trinajstić information content (AvgIpc) is 2.77. The highest BCUT2D eigenvalue weighted by Gasteiger charge is 2.31. The van der Waals surface area contributed by atoms with Crippen molar-refractivity contribution in [3.63, 3.8) is 0 Å². The molecule has 4 nitrogen and oxygen atoms in total. The molecule has 15 heavy (non-hydrogen) atoms. The maximum atomic E-state index is 9.62. The number of nitrogens with zero attached hydrogens (tertiary/aromatic N) is 1. The van der Waals surface area contributed by atoms with Gasteiger partial charge in [0, 0.05) is 18.6 Å². The first kappa shape index (κ1) is 11.3. The zero-order valence-electron chi connectivity index (χ0n) is 9.65. The van der Waals surface area contributed by atoms with Gasteiger partial charge in [0.05, 0.1) is 25.4 Å². The molecule has 3 unspecified atom stereocenters. The summed E-state index contributed by atoms with van der Waals surface area (Å²) < 4.78 is 5.23. The van der Waals surface area contributed by atoms with Crippen molar-refractivity contribution in [2.45, 2.75) is 44.5 Å². The van der Waals surface area contributed by atoms with Crippen LogP contribution >= 0.6 is 0 Å². The molecule has 2 aliphatic rings. The Hall–Kier alpha value is -0.160. The summed E-state index contributed by atoms with van der Waals surface area (Å²) in [5.74, 6) is 0. The minimum Gasteiger partial charge on any atom is -0.389 e. The first-order chi connectivity index (χ1) is 7.16. The van der Waals surface area contributed by atoms with Gasteiger partial charge in [-0.05, 0) is 26.8 Å². The van der Waals surface area contributed by atoms with Crippen molar-refractivity contribution in [2.24, 2.45) is 0 Å². The van der Waals surface area contributed by atoms with E-state index in [0.29, 0.717) is 25.3 Å². The summed E-state index contributed by atoms with van der Waals surface area (Å²) in [4.78, 5) is 2.47. The van der Waals surface area contributed by atoms with Crippen LogP contribution in [0.15, 0.2) is 0 Å². The van der Waals surface area contributed by atoms with Crippen LogP contribution in [0, 0.1) is 0 Å². The second-order valence-corrected chi connectivity index (χ2v) is 4.95. The highest BCUT2D eigenvalue weighted by Crippen LogP contribution is 2.15. The number of hydrogen-bond donors (Lipinski definition) is 2. The van der Waals surface area contributed by atoms with Gasteiger partial charge in [-0.3, -0.25) is 4.90 Å². The molecule has 88 valence electrons. The van der Waals surface area contributed by atoms with Crippen LogP contribution in [-0.4, -0.2) is 60.5 Å². The van der Waals surface area contributed by atoms with Crippen LogP contribution in [0.25, 0.3) is 0 Å². The Morgan fingerprint density at radius 2 is 2.20 bits per heavy atom. The Morgan fingerprint density at radius 3 is 2.73 bits per heavy atom. The number of nitrogens with one attached hydrogen (secondary N) is 1. The van der Waals surface area contributed by atoms with Crippen LogP contribution in [0.4, 0.5) is 0 Å². The van der Waals surface area contributed by atoms with Gasteiger partial charge in [-0.15, -0.1) is 0 Å². The van der Waals surface area contributed by atoms with Gasteiger partial charge >= 0.3 is 0 Å². The van der Waals surface area contributed by atoms with Gasteiger partial charge in [0.2, 0.25) is 0 Å². The van der Waals surface area contributed by atoms with E-state index in [9.17, 15) is 5.11 Å². The predicted molar refractivity (Wildman–Crippen MR) is 58.9 cm³/mol. The van der Waals surface area contributed by atoms with Crippen molar-refractivity contribution in [3.8, 4) is 0 Å². The first-order valence-corrected chi connectivity index (χ1v) is 5.92. The molecule has 3 atom stereocenters. The van der Waals surface area contributed by atoms with E-state index in [-0.39, 0.29) is 12.1 Å². The number of rotatable bonds is 3. The van der Waals surface area contributed by atoms with Crippen LogP contribution in [0.3, 0.4) is 0 Å². The summed E-state index contributed by atoms with van der Waals surface area (Å²) >= 11 is 0. The third-order valence-corrected chi connectivity index (χ3v) is 3.45. The molecule has 0 amide bonds. The zero-order chi connectivity index (χ0) is 10.8. The lowest BCUT2D eigenvalue weighted by atomic mass is 10.1. The van der Waals surface area contributed by atoms with Gasteiger partial charge in [0.25, 0.3) is 0 Å². The van der Waals surface area contributed by atoms with E-state index in [4.69, 9.17) is 4.74 Å². The van der Waals surface area contributed by atoms with E-state index in [1.54, 1.807) is 0 Å². The number of ether oxygens (including phenoxy) is 1. The lowest BCUT2D eigenvalue weighted by Crippen LogP contribution is -2.46. The van der Waals surface area contributed by atoms with E-state index in [1.165, 1.54) is 13.0 Å². The maximum Gasteiger partial charge on any atom is 0.0948 e. The lowest BCUT2D eigenvalue weighted by molar-refractivity contribution is 0.121. The smallest absolute Gasteiger partial charge is 0.0948 e. The summed E-state index contributed by atoms with van der Waals surface area (Å²) in [5.41, 5.74) is 0. The lowest BCUT2D eigenvalue weighted by Gasteiger charge is -2.23. The van der Waals surface area contributed by atoms with E-state index in [1.807, 2.05) is 0 Å². The SMILES string of the molecule is CC(C)N1CCC(NC2COCC2O)C1. The van der Waals surface area contributed by atoms with Crippen molar-refractivity contribution in [1.29, 1.82) is 0 Å². The predicted octanol–water partition coefficient (Wildman–Crippen LogP) is -0.182. The van der Waals surface area contributed by atoms with Crippen molar-refractivity contribution in [1.82, 2.24) is 10.2 Å². The summed E-state index contributed by atoms with van der Waals surface area (Å²) in [6.07, 6.45) is 0.861. The summed E-state index contributed by atoms with van der Waals surface area (Å²) in [7, 11) is 0. The molecule has 0 radical (unpaired) electrons. The summed E-state index contributed by atoms with van der Waals surface area (Å²) in [6, 6.07) is 1.29. The van der Waals surface area contributed by atoms with Crippen LogP contribution in [0.1, 0.15) is 20.3 Å². The second kappa shape index (κ2) is 4.78. The molecule has 0 aromatic carbocycles. The average molecular weight is 214 g/mol. The topological polar surface area (TPSA) is 44.7 Å². The molecule has 4 heteroatoms. The van der Waals surface area contributed by atoms with Crippen molar-refractivity contribution in [2.75, 3.05) is 26.3 Å². The zero-order valence-corrected chi connectivity index (χ0v) is 9.65. The minimum absolute atomic E-state index is 0.141. The molecule has 0 bridgehead atoms. The van der Waals surface area contributed by atoms with Crippen LogP contribution in [0.5, 0.6) is 0 Å². The van der Waals surface area contributed by atoms with Crippen molar-refractivity contribution < 1.29 is 9.84 Å². The molecule has 0 spiro atoms. The third-order valence-electron chi connectivity index (χ3n) is 3.45. The fourth-order valence-corrected chi connectivity index (χ4v) is 2.40. The Balaban J connectivity index is 1.77. The first-order valence-electron chi connectivity index (χ1n) is 5.92. The largest absolute Gasteiger partial charge is 0.389 e. The van der Waals surface area contributed by atoms with E-state index in [0.717, 1.165) is 6.54 Å². The fourth-order valence-electron chi connectivity index (χ4n) is 2.40.